The topological polar surface area (TPSA) is 184 Å². The molecular formula is C36H41N7O6S2. The van der Waals surface area contributed by atoms with E-state index in [2.05, 4.69) is 10.2 Å². The first-order chi connectivity index (χ1) is 24.5. The highest BCUT2D eigenvalue weighted by molar-refractivity contribution is 7.99. The van der Waals surface area contributed by atoms with E-state index in [9.17, 15) is 23.3 Å². The molecular weight excluding hydrogens is 691 g/mol. The fourth-order valence-electron chi connectivity index (χ4n) is 5.74. The predicted octanol–water partition coefficient (Wildman–Crippen LogP) is 5.04. The van der Waals surface area contributed by atoms with Gasteiger partial charge in [-0.1, -0.05) is 42.5 Å². The summed E-state index contributed by atoms with van der Waals surface area (Å²) < 4.78 is 33.9. The van der Waals surface area contributed by atoms with Crippen molar-refractivity contribution in [2.24, 2.45) is 5.73 Å². The molecule has 0 spiro atoms. The van der Waals surface area contributed by atoms with Crippen LogP contribution in [0.2, 0.25) is 0 Å². The van der Waals surface area contributed by atoms with Crippen LogP contribution in [0.1, 0.15) is 22.3 Å². The zero-order valence-corrected chi connectivity index (χ0v) is 29.8. The number of ether oxygens (including phenoxy) is 1. The third-order valence-electron chi connectivity index (χ3n) is 8.51. The summed E-state index contributed by atoms with van der Waals surface area (Å²) >= 11 is 1.58. The molecule has 51 heavy (non-hydrogen) atoms. The van der Waals surface area contributed by atoms with Gasteiger partial charge in [-0.05, 0) is 73.0 Å². The van der Waals surface area contributed by atoms with E-state index < -0.39 is 31.4 Å². The van der Waals surface area contributed by atoms with E-state index in [1.165, 1.54) is 24.3 Å². The number of guanidine groups is 1. The number of carbonyl (C=O) groups excluding carboxylic acids is 1. The number of aryl methyl sites for hydroxylation is 1. The molecule has 4 aromatic rings. The molecule has 0 unspecified atom stereocenters. The van der Waals surface area contributed by atoms with Gasteiger partial charge < -0.3 is 20.7 Å². The zero-order chi connectivity index (χ0) is 36.4. The summed E-state index contributed by atoms with van der Waals surface area (Å²) in [6.07, 6.45) is 1.84. The number of rotatable bonds is 15. The van der Waals surface area contributed by atoms with E-state index in [1.807, 2.05) is 58.2 Å². The van der Waals surface area contributed by atoms with Crippen molar-refractivity contribution in [3.05, 3.63) is 112 Å². The second-order valence-corrected chi connectivity index (χ2v) is 14.7. The van der Waals surface area contributed by atoms with Crippen molar-refractivity contribution in [3.8, 4) is 16.9 Å². The number of sulfonamides is 1. The van der Waals surface area contributed by atoms with Gasteiger partial charge in [-0.3, -0.25) is 25.2 Å². The van der Waals surface area contributed by atoms with Gasteiger partial charge in [-0.2, -0.15) is 0 Å². The number of nitro benzene ring substituents is 1. The van der Waals surface area contributed by atoms with Crippen molar-refractivity contribution < 1.29 is 22.9 Å². The van der Waals surface area contributed by atoms with Gasteiger partial charge in [0.05, 0.1) is 16.9 Å². The number of anilines is 1. The number of benzene rings is 4. The molecule has 1 amide bonds. The Balaban J connectivity index is 1.17. The first-order valence-corrected chi connectivity index (χ1v) is 18.9. The summed E-state index contributed by atoms with van der Waals surface area (Å²) in [6, 6.07) is 25.7. The third-order valence-corrected chi connectivity index (χ3v) is 10.9. The first-order valence-electron chi connectivity index (χ1n) is 16.4. The van der Waals surface area contributed by atoms with Crippen LogP contribution in [0.3, 0.4) is 0 Å². The monoisotopic (exact) mass is 731 g/mol. The molecule has 1 heterocycles. The molecule has 0 atom stereocenters. The summed E-state index contributed by atoms with van der Waals surface area (Å²) in [4.78, 5) is 29.1. The Bertz CT molecular complexity index is 1950. The maximum absolute atomic E-state index is 13.1. The van der Waals surface area contributed by atoms with Gasteiger partial charge in [0.25, 0.3) is 21.6 Å². The SMILES string of the molecule is COc1cc(CCCN2CCN(C(=N)N)CC2)ccc1-c1ccc(C(=O)NS(=O)(=O)c2ccc(NCCSc3ccccc3)c([N+](=O)[O-])c2)cc1. The predicted molar refractivity (Wildman–Crippen MR) is 200 cm³/mol. The highest BCUT2D eigenvalue weighted by Crippen LogP contribution is 2.32. The van der Waals surface area contributed by atoms with E-state index in [0.717, 1.165) is 73.2 Å². The fraction of sp³-hybridized carbons (Fsp3) is 0.278. The van der Waals surface area contributed by atoms with Gasteiger partial charge >= 0.3 is 0 Å². The normalized spacial score (nSPS) is 13.4. The summed E-state index contributed by atoms with van der Waals surface area (Å²) in [5.74, 6) is 0.571. The lowest BCUT2D eigenvalue weighted by Gasteiger charge is -2.34. The van der Waals surface area contributed by atoms with E-state index in [4.69, 9.17) is 15.9 Å². The smallest absolute Gasteiger partial charge is 0.293 e. The molecule has 1 fully saturated rings. The Morgan fingerprint density at radius 3 is 2.39 bits per heavy atom. The lowest BCUT2D eigenvalue weighted by Crippen LogP contribution is -2.50. The molecule has 0 aromatic heterocycles. The number of piperazine rings is 1. The van der Waals surface area contributed by atoms with Crippen LogP contribution in [0.4, 0.5) is 11.4 Å². The van der Waals surface area contributed by atoms with Gasteiger partial charge in [-0.15, -0.1) is 11.8 Å². The summed E-state index contributed by atoms with van der Waals surface area (Å²) in [7, 11) is -2.82. The largest absolute Gasteiger partial charge is 0.496 e. The minimum Gasteiger partial charge on any atom is -0.496 e. The molecule has 13 nitrogen and oxygen atoms in total. The molecule has 5 N–H and O–H groups in total. The number of hydrogen-bond donors (Lipinski definition) is 4. The van der Waals surface area contributed by atoms with E-state index >= 15 is 0 Å². The maximum Gasteiger partial charge on any atom is 0.293 e. The number of thioether (sulfide) groups is 1. The summed E-state index contributed by atoms with van der Waals surface area (Å²) in [5.41, 5.74) is 8.19. The minimum atomic E-state index is -4.41. The van der Waals surface area contributed by atoms with Crippen LogP contribution in [-0.2, 0) is 16.4 Å². The van der Waals surface area contributed by atoms with Crippen LogP contribution in [0, 0.1) is 15.5 Å². The molecule has 1 aliphatic rings. The number of carbonyl (C=O) groups is 1. The lowest BCUT2D eigenvalue weighted by molar-refractivity contribution is -0.384. The molecule has 5 rings (SSSR count). The average Bonchev–Trinajstić information content (AvgIpc) is 3.13. The van der Waals surface area contributed by atoms with Crippen molar-refractivity contribution >= 4 is 45.0 Å². The average molecular weight is 732 g/mol. The van der Waals surface area contributed by atoms with Crippen LogP contribution < -0.4 is 20.5 Å². The standard InChI is InChI=1S/C36H41N7O6S2/c1-49-34-24-26(6-5-18-41-19-21-42(22-20-41)36(37)38)9-15-31(34)27-10-12-28(13-11-27)35(44)40-51(47,48)30-14-16-32(33(25-30)43(45)46)39-17-23-50-29-7-3-2-4-8-29/h2-4,7-16,24-25,39H,5-6,17-23H2,1H3,(H3,37,38)(H,40,44). The highest BCUT2D eigenvalue weighted by atomic mass is 32.2. The second-order valence-electron chi connectivity index (χ2n) is 11.9. The van der Waals surface area contributed by atoms with Crippen LogP contribution in [0.15, 0.2) is 101 Å². The first kappa shape index (κ1) is 37.1. The molecule has 0 saturated carbocycles. The Kier molecular flexibility index (Phi) is 12.5. The fourth-order valence-corrected chi connectivity index (χ4v) is 7.52. The molecule has 0 aliphatic carbocycles. The van der Waals surface area contributed by atoms with Gasteiger partial charge in [-0.25, -0.2) is 13.1 Å². The van der Waals surface area contributed by atoms with Crippen molar-refractivity contribution in [1.29, 1.82) is 5.41 Å². The van der Waals surface area contributed by atoms with Crippen LogP contribution >= 0.6 is 11.8 Å². The molecule has 4 aromatic carbocycles. The van der Waals surface area contributed by atoms with Crippen molar-refractivity contribution in [3.63, 3.8) is 0 Å². The minimum absolute atomic E-state index is 0.103. The summed E-state index contributed by atoms with van der Waals surface area (Å²) in [6.45, 7) is 4.65. The third kappa shape index (κ3) is 9.99. The molecule has 0 radical (unpaired) electrons. The maximum atomic E-state index is 13.1. The molecule has 268 valence electrons. The Hall–Kier alpha value is -5.12. The zero-order valence-electron chi connectivity index (χ0n) is 28.2. The van der Waals surface area contributed by atoms with Gasteiger partial charge in [0, 0.05) is 60.6 Å². The van der Waals surface area contributed by atoms with Crippen molar-refractivity contribution in [1.82, 2.24) is 14.5 Å². The highest BCUT2D eigenvalue weighted by Gasteiger charge is 2.24. The number of nitrogens with two attached hydrogens (primary N) is 1. The second kappa shape index (κ2) is 17.2. The van der Waals surface area contributed by atoms with E-state index in [1.54, 1.807) is 31.0 Å². The lowest BCUT2D eigenvalue weighted by atomic mass is 9.99. The van der Waals surface area contributed by atoms with E-state index in [0.29, 0.717) is 18.0 Å². The number of methoxy groups -OCH3 is 1. The van der Waals surface area contributed by atoms with Gasteiger partial charge in [0.2, 0.25) is 0 Å². The Morgan fingerprint density at radius 1 is 1.00 bits per heavy atom. The van der Waals surface area contributed by atoms with Crippen LogP contribution in [0.5, 0.6) is 5.75 Å². The number of amides is 1. The summed E-state index contributed by atoms with van der Waals surface area (Å²) in [5, 5.41) is 22.4. The van der Waals surface area contributed by atoms with Gasteiger partial charge in [0.1, 0.15) is 11.4 Å². The Morgan fingerprint density at radius 2 is 1.73 bits per heavy atom. The molecule has 0 bridgehead atoms. The van der Waals surface area contributed by atoms with Crippen LogP contribution in [-0.4, -0.2) is 87.1 Å². The molecule has 15 heteroatoms. The molecule has 1 aliphatic heterocycles. The quantitative estimate of drug-likeness (QED) is 0.0321. The number of nitro groups is 1. The van der Waals surface area contributed by atoms with Crippen molar-refractivity contribution in [2.45, 2.75) is 22.6 Å². The number of hydrogen-bond acceptors (Lipinski definition) is 10. The molecule has 1 saturated heterocycles. The number of nitrogens with zero attached hydrogens (tertiary/aromatic N) is 3. The van der Waals surface area contributed by atoms with Gasteiger partial charge in [0.15, 0.2) is 5.96 Å². The Labute approximate surface area is 301 Å². The van der Waals surface area contributed by atoms with Crippen molar-refractivity contribution in [2.75, 3.05) is 57.4 Å². The number of nitrogens with one attached hydrogen (secondary N) is 3. The van der Waals surface area contributed by atoms with Crippen LogP contribution in [0.25, 0.3) is 11.1 Å². The van der Waals surface area contributed by atoms with E-state index in [-0.39, 0.29) is 17.2 Å².